The lowest BCUT2D eigenvalue weighted by molar-refractivity contribution is -0.123. The van der Waals surface area contributed by atoms with Crippen LogP contribution in [-0.4, -0.2) is 32.9 Å². The standard InChI is InChI=1S/C15H25N3O2/c1-15(11-19,12-6-4-3-5-7-12)16-14(20)10-13-8-9-18(2)17-13/h8-9,12,19H,3-7,10-11H2,1-2H3,(H,16,20)/t15-/m1/s1. The summed E-state index contributed by atoms with van der Waals surface area (Å²) in [4.78, 5) is 12.2. The van der Waals surface area contributed by atoms with Gasteiger partial charge in [-0.25, -0.2) is 0 Å². The number of carbonyl (C=O) groups is 1. The Labute approximate surface area is 120 Å². The molecule has 2 rings (SSSR count). The molecule has 5 nitrogen and oxygen atoms in total. The van der Waals surface area contributed by atoms with Crippen LogP contribution in [0.5, 0.6) is 0 Å². The van der Waals surface area contributed by atoms with Crippen LogP contribution in [0.15, 0.2) is 12.3 Å². The maximum atomic E-state index is 12.2. The van der Waals surface area contributed by atoms with Crippen molar-refractivity contribution in [2.75, 3.05) is 6.61 Å². The van der Waals surface area contributed by atoms with Crippen molar-refractivity contribution in [3.05, 3.63) is 18.0 Å². The number of aliphatic hydroxyl groups excluding tert-OH is 1. The molecule has 0 unspecified atom stereocenters. The zero-order valence-electron chi connectivity index (χ0n) is 12.4. The smallest absolute Gasteiger partial charge is 0.226 e. The third kappa shape index (κ3) is 3.60. The summed E-state index contributed by atoms with van der Waals surface area (Å²) >= 11 is 0. The molecule has 0 aromatic carbocycles. The van der Waals surface area contributed by atoms with Crippen LogP contribution < -0.4 is 5.32 Å². The molecule has 0 aliphatic heterocycles. The molecule has 1 aliphatic rings. The number of rotatable bonds is 5. The molecule has 1 aromatic heterocycles. The highest BCUT2D eigenvalue weighted by molar-refractivity contribution is 5.78. The number of hydrogen-bond acceptors (Lipinski definition) is 3. The molecule has 0 radical (unpaired) electrons. The number of aromatic nitrogens is 2. The summed E-state index contributed by atoms with van der Waals surface area (Å²) in [7, 11) is 1.83. The normalized spacial score (nSPS) is 19.6. The highest BCUT2D eigenvalue weighted by Crippen LogP contribution is 2.32. The van der Waals surface area contributed by atoms with Crippen molar-refractivity contribution in [2.24, 2.45) is 13.0 Å². The number of hydrogen-bond donors (Lipinski definition) is 2. The summed E-state index contributed by atoms with van der Waals surface area (Å²) in [5.41, 5.74) is 0.251. The first-order chi connectivity index (χ1) is 9.53. The van der Waals surface area contributed by atoms with Crippen molar-refractivity contribution in [1.82, 2.24) is 15.1 Å². The Morgan fingerprint density at radius 1 is 1.50 bits per heavy atom. The van der Waals surface area contributed by atoms with Crippen LogP contribution >= 0.6 is 0 Å². The van der Waals surface area contributed by atoms with Gasteiger partial charge in [-0.2, -0.15) is 5.10 Å². The Morgan fingerprint density at radius 3 is 2.75 bits per heavy atom. The van der Waals surface area contributed by atoms with Gasteiger partial charge in [-0.3, -0.25) is 9.48 Å². The van der Waals surface area contributed by atoms with E-state index in [1.54, 1.807) is 4.68 Å². The van der Waals surface area contributed by atoms with E-state index in [1.807, 2.05) is 26.2 Å². The largest absolute Gasteiger partial charge is 0.394 e. The van der Waals surface area contributed by atoms with Crippen molar-refractivity contribution in [3.8, 4) is 0 Å². The summed E-state index contributed by atoms with van der Waals surface area (Å²) in [5.74, 6) is 0.305. The number of nitrogens with one attached hydrogen (secondary N) is 1. The molecular weight excluding hydrogens is 254 g/mol. The molecule has 20 heavy (non-hydrogen) atoms. The summed E-state index contributed by atoms with van der Waals surface area (Å²) < 4.78 is 1.69. The van der Waals surface area contributed by atoms with Gasteiger partial charge in [-0.15, -0.1) is 0 Å². The van der Waals surface area contributed by atoms with Crippen LogP contribution in [0.1, 0.15) is 44.7 Å². The zero-order chi connectivity index (χ0) is 14.6. The minimum atomic E-state index is -0.508. The summed E-state index contributed by atoms with van der Waals surface area (Å²) in [6.45, 7) is 1.95. The Hall–Kier alpha value is -1.36. The fourth-order valence-electron chi connectivity index (χ4n) is 3.10. The molecule has 1 amide bonds. The van der Waals surface area contributed by atoms with Crippen LogP contribution in [0.3, 0.4) is 0 Å². The van der Waals surface area contributed by atoms with E-state index in [4.69, 9.17) is 0 Å². The van der Waals surface area contributed by atoms with E-state index < -0.39 is 5.54 Å². The molecule has 0 saturated heterocycles. The van der Waals surface area contributed by atoms with Crippen LogP contribution in [0, 0.1) is 5.92 Å². The Balaban J connectivity index is 1.95. The molecule has 1 heterocycles. The second-order valence-electron chi connectivity index (χ2n) is 6.12. The monoisotopic (exact) mass is 279 g/mol. The first kappa shape index (κ1) is 15.0. The number of amides is 1. The number of aryl methyl sites for hydroxylation is 1. The van der Waals surface area contributed by atoms with Gasteiger partial charge in [-0.1, -0.05) is 19.3 Å². The van der Waals surface area contributed by atoms with Crippen LogP contribution in [0.2, 0.25) is 0 Å². The maximum absolute atomic E-state index is 12.2. The molecule has 5 heteroatoms. The highest BCUT2D eigenvalue weighted by atomic mass is 16.3. The number of nitrogens with zero attached hydrogens (tertiary/aromatic N) is 2. The first-order valence-electron chi connectivity index (χ1n) is 7.44. The lowest BCUT2D eigenvalue weighted by atomic mass is 9.76. The van der Waals surface area contributed by atoms with Gasteiger partial charge in [0.1, 0.15) is 0 Å². The number of carbonyl (C=O) groups excluding carboxylic acids is 1. The predicted molar refractivity (Wildman–Crippen MR) is 77.1 cm³/mol. The molecule has 1 aliphatic carbocycles. The SMILES string of the molecule is Cn1ccc(CC(=O)N[C@](C)(CO)C2CCCCC2)n1. The Bertz CT molecular complexity index is 452. The second-order valence-corrected chi connectivity index (χ2v) is 6.12. The fourth-order valence-corrected chi connectivity index (χ4v) is 3.10. The molecule has 0 bridgehead atoms. The van der Waals surface area contributed by atoms with Crippen molar-refractivity contribution < 1.29 is 9.90 Å². The third-order valence-corrected chi connectivity index (χ3v) is 4.37. The lowest BCUT2D eigenvalue weighted by Crippen LogP contribution is -2.55. The third-order valence-electron chi connectivity index (χ3n) is 4.37. The van der Waals surface area contributed by atoms with E-state index in [0.29, 0.717) is 5.92 Å². The van der Waals surface area contributed by atoms with E-state index in [0.717, 1.165) is 18.5 Å². The molecule has 1 fully saturated rings. The predicted octanol–water partition coefficient (Wildman–Crippen LogP) is 1.41. The minimum Gasteiger partial charge on any atom is -0.394 e. The van der Waals surface area contributed by atoms with E-state index in [-0.39, 0.29) is 18.9 Å². The van der Waals surface area contributed by atoms with Crippen LogP contribution in [0.4, 0.5) is 0 Å². The second kappa shape index (κ2) is 6.39. The minimum absolute atomic E-state index is 0.00831. The average molecular weight is 279 g/mol. The molecule has 1 saturated carbocycles. The lowest BCUT2D eigenvalue weighted by Gasteiger charge is -2.39. The van der Waals surface area contributed by atoms with E-state index >= 15 is 0 Å². The van der Waals surface area contributed by atoms with Gasteiger partial charge in [-0.05, 0) is 31.7 Å². The topological polar surface area (TPSA) is 67.2 Å². The Morgan fingerprint density at radius 2 is 2.20 bits per heavy atom. The van der Waals surface area contributed by atoms with Gasteiger partial charge < -0.3 is 10.4 Å². The maximum Gasteiger partial charge on any atom is 0.226 e. The Kier molecular flexibility index (Phi) is 4.81. The molecule has 0 spiro atoms. The summed E-state index contributed by atoms with van der Waals surface area (Å²) in [5, 5.41) is 17.0. The fraction of sp³-hybridized carbons (Fsp3) is 0.733. The van der Waals surface area contributed by atoms with Gasteiger partial charge in [0, 0.05) is 13.2 Å². The molecule has 1 aromatic rings. The van der Waals surface area contributed by atoms with Crippen molar-refractivity contribution >= 4 is 5.91 Å². The van der Waals surface area contributed by atoms with Gasteiger partial charge >= 0.3 is 0 Å². The van der Waals surface area contributed by atoms with Gasteiger partial charge in [0.25, 0.3) is 0 Å². The van der Waals surface area contributed by atoms with Crippen molar-refractivity contribution in [2.45, 2.75) is 51.0 Å². The van der Waals surface area contributed by atoms with Crippen molar-refractivity contribution in [3.63, 3.8) is 0 Å². The first-order valence-corrected chi connectivity index (χ1v) is 7.44. The molecule has 112 valence electrons. The van der Waals surface area contributed by atoms with E-state index in [1.165, 1.54) is 19.3 Å². The number of aliphatic hydroxyl groups is 1. The summed E-state index contributed by atoms with van der Waals surface area (Å²) in [6.07, 6.45) is 7.91. The van der Waals surface area contributed by atoms with Gasteiger partial charge in [0.05, 0.1) is 24.3 Å². The average Bonchev–Trinajstić information content (AvgIpc) is 2.84. The highest BCUT2D eigenvalue weighted by Gasteiger charge is 2.35. The zero-order valence-corrected chi connectivity index (χ0v) is 12.4. The van der Waals surface area contributed by atoms with Gasteiger partial charge in [0.15, 0.2) is 0 Å². The van der Waals surface area contributed by atoms with E-state index in [9.17, 15) is 9.90 Å². The summed E-state index contributed by atoms with van der Waals surface area (Å²) in [6, 6.07) is 1.84. The van der Waals surface area contributed by atoms with Crippen LogP contribution in [0.25, 0.3) is 0 Å². The molecule has 2 N–H and O–H groups in total. The van der Waals surface area contributed by atoms with Crippen molar-refractivity contribution in [1.29, 1.82) is 0 Å². The van der Waals surface area contributed by atoms with Gasteiger partial charge in [0.2, 0.25) is 5.91 Å². The quantitative estimate of drug-likeness (QED) is 0.856. The van der Waals surface area contributed by atoms with Crippen LogP contribution in [-0.2, 0) is 18.3 Å². The van der Waals surface area contributed by atoms with E-state index in [2.05, 4.69) is 10.4 Å². The molecule has 1 atom stereocenters. The molecular formula is C15H25N3O2.